The molecule has 2 heterocycles. The Morgan fingerprint density at radius 3 is 2.76 bits per heavy atom. The molecule has 4 rings (SSSR count). The molecule has 0 spiro atoms. The quantitative estimate of drug-likeness (QED) is 0.824. The number of nitrogens with zero attached hydrogens (tertiary/aromatic N) is 1. The molecule has 2 aromatic carbocycles. The van der Waals surface area contributed by atoms with Crippen LogP contribution in [0.4, 0.5) is 0 Å². The van der Waals surface area contributed by atoms with Gasteiger partial charge in [-0.15, -0.1) is 0 Å². The van der Waals surface area contributed by atoms with Crippen LogP contribution in [0.3, 0.4) is 0 Å². The lowest BCUT2D eigenvalue weighted by Crippen LogP contribution is -2.34. The second-order valence-electron chi connectivity index (χ2n) is 6.11. The molecule has 0 bridgehead atoms. The molecular formula is C19H21NO. The molecular weight excluding hydrogens is 258 g/mol. The Balaban J connectivity index is 1.80. The van der Waals surface area contributed by atoms with Gasteiger partial charge in [-0.25, -0.2) is 0 Å². The fraction of sp³-hybridized carbons (Fsp3) is 0.368. The van der Waals surface area contributed by atoms with Gasteiger partial charge in [-0.2, -0.15) is 0 Å². The smallest absolute Gasteiger partial charge is 0.119 e. The van der Waals surface area contributed by atoms with E-state index in [0.29, 0.717) is 12.0 Å². The van der Waals surface area contributed by atoms with E-state index in [1.54, 1.807) is 7.11 Å². The van der Waals surface area contributed by atoms with Gasteiger partial charge in [-0.1, -0.05) is 36.4 Å². The van der Waals surface area contributed by atoms with Crippen molar-refractivity contribution in [1.82, 2.24) is 4.90 Å². The molecule has 2 aromatic rings. The molecule has 0 saturated carbocycles. The number of hydrogen-bond donors (Lipinski definition) is 0. The summed E-state index contributed by atoms with van der Waals surface area (Å²) in [5.41, 5.74) is 4.41. The Labute approximate surface area is 126 Å². The lowest BCUT2D eigenvalue weighted by molar-refractivity contribution is 0.230. The van der Waals surface area contributed by atoms with Crippen molar-refractivity contribution in [2.45, 2.75) is 24.8 Å². The molecule has 2 atom stereocenters. The van der Waals surface area contributed by atoms with Crippen LogP contribution < -0.4 is 4.74 Å². The number of ether oxygens (including phenoxy) is 1. The predicted octanol–water partition coefficient (Wildman–Crippen LogP) is 3.98. The summed E-state index contributed by atoms with van der Waals surface area (Å²) in [4.78, 5) is 2.66. The lowest BCUT2D eigenvalue weighted by atomic mass is 9.81. The maximum Gasteiger partial charge on any atom is 0.119 e. The summed E-state index contributed by atoms with van der Waals surface area (Å²) in [5.74, 6) is 1.42. The van der Waals surface area contributed by atoms with E-state index in [0.717, 1.165) is 12.3 Å². The number of fused-ring (bicyclic) bond motifs is 3. The minimum absolute atomic E-state index is 0.464. The summed E-state index contributed by atoms with van der Waals surface area (Å²) in [6.45, 7) is 2.37. The first-order valence-electron chi connectivity index (χ1n) is 7.83. The van der Waals surface area contributed by atoms with E-state index < -0.39 is 0 Å². The Morgan fingerprint density at radius 1 is 1.05 bits per heavy atom. The van der Waals surface area contributed by atoms with Crippen LogP contribution in [0.5, 0.6) is 5.75 Å². The molecule has 2 aliphatic heterocycles. The summed E-state index contributed by atoms with van der Waals surface area (Å²) in [5, 5.41) is 0. The monoisotopic (exact) mass is 279 g/mol. The molecule has 0 aliphatic carbocycles. The second-order valence-corrected chi connectivity index (χ2v) is 6.11. The molecule has 2 heteroatoms. The van der Waals surface area contributed by atoms with Gasteiger partial charge in [0.05, 0.1) is 7.11 Å². The minimum Gasteiger partial charge on any atom is -0.497 e. The number of benzene rings is 2. The van der Waals surface area contributed by atoms with Crippen LogP contribution in [0.1, 0.15) is 41.5 Å². The van der Waals surface area contributed by atoms with E-state index in [1.165, 1.54) is 36.1 Å². The third kappa shape index (κ3) is 2.14. The highest BCUT2D eigenvalue weighted by molar-refractivity contribution is 5.44. The second kappa shape index (κ2) is 5.19. The van der Waals surface area contributed by atoms with E-state index in [2.05, 4.69) is 47.4 Å². The Hall–Kier alpha value is -1.80. The molecule has 2 aliphatic rings. The van der Waals surface area contributed by atoms with Crippen molar-refractivity contribution in [2.24, 2.45) is 0 Å². The number of methoxy groups -OCH3 is 1. The zero-order valence-electron chi connectivity index (χ0n) is 12.5. The van der Waals surface area contributed by atoms with Crippen molar-refractivity contribution in [3.05, 3.63) is 65.2 Å². The lowest BCUT2D eigenvalue weighted by Gasteiger charge is -2.37. The molecule has 2 unspecified atom stereocenters. The summed E-state index contributed by atoms with van der Waals surface area (Å²) in [7, 11) is 1.74. The summed E-state index contributed by atoms with van der Waals surface area (Å²) >= 11 is 0. The van der Waals surface area contributed by atoms with Crippen molar-refractivity contribution in [3.8, 4) is 5.75 Å². The van der Waals surface area contributed by atoms with Gasteiger partial charge >= 0.3 is 0 Å². The highest BCUT2D eigenvalue weighted by atomic mass is 16.5. The van der Waals surface area contributed by atoms with Gasteiger partial charge in [0.1, 0.15) is 5.75 Å². The van der Waals surface area contributed by atoms with E-state index in [-0.39, 0.29) is 0 Å². The molecule has 21 heavy (non-hydrogen) atoms. The van der Waals surface area contributed by atoms with Gasteiger partial charge in [0.2, 0.25) is 0 Å². The van der Waals surface area contributed by atoms with Crippen LogP contribution in [0.25, 0.3) is 0 Å². The third-order valence-electron chi connectivity index (χ3n) is 5.01. The van der Waals surface area contributed by atoms with Gasteiger partial charge in [0, 0.05) is 18.5 Å². The first kappa shape index (κ1) is 12.9. The van der Waals surface area contributed by atoms with Crippen molar-refractivity contribution in [1.29, 1.82) is 0 Å². The fourth-order valence-electron chi connectivity index (χ4n) is 4.00. The van der Waals surface area contributed by atoms with E-state index >= 15 is 0 Å². The zero-order valence-corrected chi connectivity index (χ0v) is 12.5. The van der Waals surface area contributed by atoms with Crippen LogP contribution in [0.15, 0.2) is 48.5 Å². The highest BCUT2D eigenvalue weighted by Gasteiger charge is 2.36. The fourth-order valence-corrected chi connectivity index (χ4v) is 4.00. The van der Waals surface area contributed by atoms with Crippen molar-refractivity contribution < 1.29 is 4.74 Å². The highest BCUT2D eigenvalue weighted by Crippen LogP contribution is 2.44. The molecule has 0 N–H and O–H groups in total. The van der Waals surface area contributed by atoms with Crippen LogP contribution in [0, 0.1) is 0 Å². The standard InChI is InChI=1S/C19H21NO/c1-21-15-7-4-6-14(12-15)18-13-20-11-5-10-19(20)17-9-3-2-8-16(17)18/h2-4,6-9,12,18-19H,5,10-11,13H2,1H3. The van der Waals surface area contributed by atoms with Gasteiger partial charge in [0.25, 0.3) is 0 Å². The third-order valence-corrected chi connectivity index (χ3v) is 5.01. The van der Waals surface area contributed by atoms with E-state index in [1.807, 2.05) is 6.07 Å². The predicted molar refractivity (Wildman–Crippen MR) is 84.8 cm³/mol. The normalized spacial score (nSPS) is 24.4. The van der Waals surface area contributed by atoms with Gasteiger partial charge < -0.3 is 4.74 Å². The largest absolute Gasteiger partial charge is 0.497 e. The molecule has 0 aromatic heterocycles. The van der Waals surface area contributed by atoms with Gasteiger partial charge in [0.15, 0.2) is 0 Å². The maximum atomic E-state index is 5.41. The average Bonchev–Trinajstić information content (AvgIpc) is 3.03. The molecule has 0 amide bonds. The Morgan fingerprint density at radius 2 is 1.90 bits per heavy atom. The summed E-state index contributed by atoms with van der Waals surface area (Å²) < 4.78 is 5.41. The molecule has 1 fully saturated rings. The molecule has 0 radical (unpaired) electrons. The molecule has 108 valence electrons. The first-order chi connectivity index (χ1) is 10.4. The topological polar surface area (TPSA) is 12.5 Å². The van der Waals surface area contributed by atoms with Crippen LogP contribution >= 0.6 is 0 Å². The zero-order chi connectivity index (χ0) is 14.2. The Bertz CT molecular complexity index is 652. The van der Waals surface area contributed by atoms with Crippen LogP contribution in [-0.4, -0.2) is 25.1 Å². The van der Waals surface area contributed by atoms with Crippen LogP contribution in [0.2, 0.25) is 0 Å². The average molecular weight is 279 g/mol. The minimum atomic E-state index is 0.464. The number of rotatable bonds is 2. The van der Waals surface area contributed by atoms with Crippen molar-refractivity contribution >= 4 is 0 Å². The summed E-state index contributed by atoms with van der Waals surface area (Å²) in [6.07, 6.45) is 2.63. The van der Waals surface area contributed by atoms with Crippen molar-refractivity contribution in [2.75, 3.05) is 20.2 Å². The Kier molecular flexibility index (Phi) is 3.19. The number of hydrogen-bond acceptors (Lipinski definition) is 2. The van der Waals surface area contributed by atoms with Crippen molar-refractivity contribution in [3.63, 3.8) is 0 Å². The van der Waals surface area contributed by atoms with Gasteiger partial charge in [-0.05, 0) is 48.2 Å². The maximum absolute atomic E-state index is 5.41. The van der Waals surface area contributed by atoms with E-state index in [9.17, 15) is 0 Å². The SMILES string of the molecule is COc1cccc(C2CN3CCCC3c3ccccc32)c1. The van der Waals surface area contributed by atoms with Gasteiger partial charge in [-0.3, -0.25) is 4.90 Å². The molecule has 1 saturated heterocycles. The van der Waals surface area contributed by atoms with Crippen LogP contribution in [-0.2, 0) is 0 Å². The summed E-state index contributed by atoms with van der Waals surface area (Å²) in [6, 6.07) is 18.2. The first-order valence-corrected chi connectivity index (χ1v) is 7.83. The molecule has 2 nitrogen and oxygen atoms in total. The van der Waals surface area contributed by atoms with E-state index in [4.69, 9.17) is 4.74 Å².